The molecule has 2 fully saturated rings. The van der Waals surface area contributed by atoms with Gasteiger partial charge in [0.25, 0.3) is 5.91 Å². The molecule has 2 aliphatic rings. The van der Waals surface area contributed by atoms with Gasteiger partial charge >= 0.3 is 0 Å². The first-order valence-electron chi connectivity index (χ1n) is 9.38. The molecule has 2 saturated heterocycles. The normalized spacial score (nSPS) is 21.3. The van der Waals surface area contributed by atoms with E-state index in [2.05, 4.69) is 0 Å². The van der Waals surface area contributed by atoms with Crippen LogP contribution in [0.1, 0.15) is 42.1 Å². The van der Waals surface area contributed by atoms with E-state index in [0.29, 0.717) is 18.7 Å². The average molecular weight is 381 g/mol. The Morgan fingerprint density at radius 1 is 1.23 bits per heavy atom. The summed E-state index contributed by atoms with van der Waals surface area (Å²) in [7, 11) is -1.50. The van der Waals surface area contributed by atoms with Crippen LogP contribution in [0.15, 0.2) is 18.2 Å². The molecule has 0 N–H and O–H groups in total. The van der Waals surface area contributed by atoms with Crippen LogP contribution in [0.2, 0.25) is 0 Å². The largest absolute Gasteiger partial charge is 0.496 e. The average Bonchev–Trinajstić information content (AvgIpc) is 3.33. The Hall–Kier alpha value is -1.60. The molecule has 0 aliphatic carbocycles. The van der Waals surface area contributed by atoms with Crippen LogP contribution in [0, 0.1) is 5.92 Å². The molecule has 144 valence electrons. The molecule has 0 saturated carbocycles. The molecule has 26 heavy (non-hydrogen) atoms. The van der Waals surface area contributed by atoms with E-state index in [1.54, 1.807) is 18.3 Å². The van der Waals surface area contributed by atoms with Gasteiger partial charge in [-0.25, -0.2) is 12.7 Å². The minimum absolute atomic E-state index is 0.0769. The van der Waals surface area contributed by atoms with E-state index < -0.39 is 10.0 Å². The molecule has 7 heteroatoms. The number of methoxy groups -OCH3 is 1. The van der Waals surface area contributed by atoms with Crippen LogP contribution in [-0.2, 0) is 16.4 Å². The summed E-state index contributed by atoms with van der Waals surface area (Å²) in [6, 6.07) is 5.61. The van der Waals surface area contributed by atoms with Crippen molar-refractivity contribution < 1.29 is 17.9 Å². The maximum absolute atomic E-state index is 12.7. The predicted molar refractivity (Wildman–Crippen MR) is 101 cm³/mol. The number of likely N-dealkylation sites (tertiary alicyclic amines) is 1. The van der Waals surface area contributed by atoms with Crippen LogP contribution in [0.4, 0.5) is 0 Å². The highest BCUT2D eigenvalue weighted by atomic mass is 32.2. The number of rotatable bonds is 6. The number of ether oxygens (including phenoxy) is 1. The molecule has 0 radical (unpaired) electrons. The van der Waals surface area contributed by atoms with Crippen LogP contribution < -0.4 is 4.74 Å². The summed E-state index contributed by atoms with van der Waals surface area (Å²) in [6.45, 7) is 4.46. The van der Waals surface area contributed by atoms with Crippen molar-refractivity contribution in [2.75, 3.05) is 39.0 Å². The maximum atomic E-state index is 12.7. The predicted octanol–water partition coefficient (Wildman–Crippen LogP) is 2.15. The van der Waals surface area contributed by atoms with Crippen LogP contribution in [0.25, 0.3) is 0 Å². The summed E-state index contributed by atoms with van der Waals surface area (Å²) >= 11 is 0. The lowest BCUT2D eigenvalue weighted by atomic mass is 9.96. The third kappa shape index (κ3) is 4.04. The van der Waals surface area contributed by atoms with E-state index in [4.69, 9.17) is 4.74 Å². The van der Waals surface area contributed by atoms with Crippen molar-refractivity contribution in [2.24, 2.45) is 5.92 Å². The van der Waals surface area contributed by atoms with Gasteiger partial charge in [0.05, 0.1) is 12.9 Å². The fraction of sp³-hybridized carbons (Fsp3) is 0.632. The quantitative estimate of drug-likeness (QED) is 0.758. The summed E-state index contributed by atoms with van der Waals surface area (Å²) in [5.41, 5.74) is 1.68. The molecule has 2 heterocycles. The molecule has 0 aromatic heterocycles. The zero-order valence-electron chi connectivity index (χ0n) is 15.6. The summed E-state index contributed by atoms with van der Waals surface area (Å²) in [4.78, 5) is 14.6. The van der Waals surface area contributed by atoms with Gasteiger partial charge in [0.2, 0.25) is 10.0 Å². The van der Waals surface area contributed by atoms with Crippen LogP contribution in [0.3, 0.4) is 0 Å². The SMILES string of the molecule is CCS(=O)(=O)N1CCC(Cc2cc(C(=O)N3CCCC3)ccc2OC)C1. The Kier molecular flexibility index (Phi) is 5.87. The minimum Gasteiger partial charge on any atom is -0.496 e. The molecule has 1 aromatic carbocycles. The summed E-state index contributed by atoms with van der Waals surface area (Å²) < 4.78 is 31.2. The molecule has 6 nitrogen and oxygen atoms in total. The van der Waals surface area contributed by atoms with Gasteiger partial charge in [-0.05, 0) is 62.3 Å². The van der Waals surface area contributed by atoms with Crippen LogP contribution in [-0.4, -0.2) is 62.6 Å². The molecule has 1 aromatic rings. The Morgan fingerprint density at radius 2 is 1.96 bits per heavy atom. The smallest absolute Gasteiger partial charge is 0.253 e. The Morgan fingerprint density at radius 3 is 2.62 bits per heavy atom. The van der Waals surface area contributed by atoms with Gasteiger partial charge in [-0.2, -0.15) is 0 Å². The first-order valence-corrected chi connectivity index (χ1v) is 11.0. The van der Waals surface area contributed by atoms with E-state index in [9.17, 15) is 13.2 Å². The van der Waals surface area contributed by atoms with Crippen molar-refractivity contribution in [2.45, 2.75) is 32.6 Å². The van der Waals surface area contributed by atoms with Gasteiger partial charge in [-0.15, -0.1) is 0 Å². The second-order valence-corrected chi connectivity index (χ2v) is 9.40. The summed E-state index contributed by atoms with van der Waals surface area (Å²) in [5, 5.41) is 0. The summed E-state index contributed by atoms with van der Waals surface area (Å²) in [5.74, 6) is 1.23. The van der Waals surface area contributed by atoms with Gasteiger partial charge in [-0.3, -0.25) is 4.79 Å². The fourth-order valence-electron chi connectivity index (χ4n) is 3.88. The van der Waals surface area contributed by atoms with Crippen molar-refractivity contribution >= 4 is 15.9 Å². The topological polar surface area (TPSA) is 66.9 Å². The number of amides is 1. The second kappa shape index (κ2) is 7.96. The number of hydrogen-bond acceptors (Lipinski definition) is 4. The second-order valence-electron chi connectivity index (χ2n) is 7.14. The van der Waals surface area contributed by atoms with E-state index in [-0.39, 0.29) is 17.6 Å². The molecule has 3 rings (SSSR count). The Labute approximate surface area is 156 Å². The van der Waals surface area contributed by atoms with E-state index in [1.165, 1.54) is 0 Å². The molecule has 0 bridgehead atoms. The van der Waals surface area contributed by atoms with Crippen molar-refractivity contribution in [3.05, 3.63) is 29.3 Å². The van der Waals surface area contributed by atoms with Crippen LogP contribution >= 0.6 is 0 Å². The molecule has 0 spiro atoms. The molecule has 1 amide bonds. The zero-order chi connectivity index (χ0) is 18.7. The highest BCUT2D eigenvalue weighted by molar-refractivity contribution is 7.89. The third-order valence-electron chi connectivity index (χ3n) is 5.44. The highest BCUT2D eigenvalue weighted by Crippen LogP contribution is 2.29. The van der Waals surface area contributed by atoms with Gasteiger partial charge in [0.1, 0.15) is 5.75 Å². The number of benzene rings is 1. The maximum Gasteiger partial charge on any atom is 0.253 e. The molecule has 1 atom stereocenters. The highest BCUT2D eigenvalue weighted by Gasteiger charge is 2.31. The number of sulfonamides is 1. The monoisotopic (exact) mass is 380 g/mol. The number of hydrogen-bond donors (Lipinski definition) is 0. The van der Waals surface area contributed by atoms with E-state index in [0.717, 1.165) is 50.1 Å². The van der Waals surface area contributed by atoms with Crippen molar-refractivity contribution in [1.29, 1.82) is 0 Å². The van der Waals surface area contributed by atoms with Gasteiger partial charge in [-0.1, -0.05) is 0 Å². The van der Waals surface area contributed by atoms with E-state index in [1.807, 2.05) is 23.1 Å². The first-order chi connectivity index (χ1) is 12.4. The molecular weight excluding hydrogens is 352 g/mol. The Balaban J connectivity index is 1.74. The fourth-order valence-corrected chi connectivity index (χ4v) is 5.07. The minimum atomic E-state index is -3.13. The Bertz CT molecular complexity index is 757. The third-order valence-corrected chi connectivity index (χ3v) is 7.28. The van der Waals surface area contributed by atoms with E-state index >= 15 is 0 Å². The van der Waals surface area contributed by atoms with Gasteiger partial charge < -0.3 is 9.64 Å². The van der Waals surface area contributed by atoms with Gasteiger partial charge in [0.15, 0.2) is 0 Å². The number of nitrogens with zero attached hydrogens (tertiary/aromatic N) is 2. The first kappa shape index (κ1) is 19.2. The molecular formula is C19H28N2O4S. The molecule has 1 unspecified atom stereocenters. The molecule has 2 aliphatic heterocycles. The zero-order valence-corrected chi connectivity index (χ0v) is 16.4. The summed E-state index contributed by atoms with van der Waals surface area (Å²) in [6.07, 6.45) is 3.70. The van der Waals surface area contributed by atoms with Crippen molar-refractivity contribution in [1.82, 2.24) is 9.21 Å². The lowest BCUT2D eigenvalue weighted by Crippen LogP contribution is -2.30. The van der Waals surface area contributed by atoms with Crippen LogP contribution in [0.5, 0.6) is 5.75 Å². The number of carbonyl (C=O) groups is 1. The lowest BCUT2D eigenvalue weighted by Gasteiger charge is -2.18. The standard InChI is InChI=1S/C19H28N2O4S/c1-3-26(23,24)21-11-8-15(14-21)12-17-13-16(6-7-18(17)25-2)19(22)20-9-4-5-10-20/h6-7,13,15H,3-5,8-12,14H2,1-2H3. The number of carbonyl (C=O) groups excluding carboxylic acids is 1. The van der Waals surface area contributed by atoms with Crippen molar-refractivity contribution in [3.8, 4) is 5.75 Å². The van der Waals surface area contributed by atoms with Crippen molar-refractivity contribution in [3.63, 3.8) is 0 Å². The van der Waals surface area contributed by atoms with Gasteiger partial charge in [0, 0.05) is 31.7 Å². The lowest BCUT2D eigenvalue weighted by molar-refractivity contribution is 0.0792.